The quantitative estimate of drug-likeness (QED) is 0.518. The number of ketones is 1. The summed E-state index contributed by atoms with van der Waals surface area (Å²) >= 11 is 0. The van der Waals surface area contributed by atoms with Crippen LogP contribution >= 0.6 is 0 Å². The number of carbonyl (C=O) groups excluding carboxylic acids is 1. The van der Waals surface area contributed by atoms with Gasteiger partial charge in [0.25, 0.3) is 0 Å². The van der Waals surface area contributed by atoms with Crippen molar-refractivity contribution in [1.29, 1.82) is 0 Å². The van der Waals surface area contributed by atoms with Crippen molar-refractivity contribution in [3.8, 4) is 0 Å². The lowest BCUT2D eigenvalue weighted by Gasteiger charge is -2.11. The van der Waals surface area contributed by atoms with E-state index in [2.05, 4.69) is 20.8 Å². The Hall–Kier alpha value is -1.18. The van der Waals surface area contributed by atoms with E-state index in [0.29, 0.717) is 0 Å². The molecular weight excluding hydrogens is 299 g/mol. The summed E-state index contributed by atoms with van der Waals surface area (Å²) in [7, 11) is 0. The normalized spacial score (nSPS) is 9.75. The Kier molecular flexibility index (Phi) is 16.3. The second-order valence-electron chi connectivity index (χ2n) is 7.32. The van der Waals surface area contributed by atoms with Gasteiger partial charge in [0.05, 0.1) is 0 Å². The van der Waals surface area contributed by atoms with Gasteiger partial charge in [0, 0.05) is 5.41 Å². The number of carbonyl (C=O) groups is 1. The Balaban J connectivity index is -0.000000278. The van der Waals surface area contributed by atoms with E-state index in [4.69, 9.17) is 0 Å². The molecule has 2 heteroatoms. The SMILES string of the molecule is CC.CC(=O)C(C)(C)C.CCC(C)C.Cc1cc(C)c(F)c(C)c1. The zero-order valence-corrected chi connectivity index (χ0v) is 18.2. The number of hydrogen-bond acceptors (Lipinski definition) is 1. The highest BCUT2D eigenvalue weighted by Gasteiger charge is 2.14. The van der Waals surface area contributed by atoms with E-state index in [1.165, 1.54) is 6.42 Å². The largest absolute Gasteiger partial charge is 0.299 e. The first-order valence-corrected chi connectivity index (χ1v) is 9.07. The second kappa shape index (κ2) is 14.2. The number of benzene rings is 1. The highest BCUT2D eigenvalue weighted by Crippen LogP contribution is 2.13. The summed E-state index contributed by atoms with van der Waals surface area (Å²) in [5.74, 6) is 1.05. The Morgan fingerprint density at radius 1 is 1.04 bits per heavy atom. The van der Waals surface area contributed by atoms with Gasteiger partial charge in [-0.05, 0) is 44.7 Å². The van der Waals surface area contributed by atoms with Crippen LogP contribution in [0.25, 0.3) is 0 Å². The van der Waals surface area contributed by atoms with Crippen molar-refractivity contribution in [2.24, 2.45) is 11.3 Å². The predicted molar refractivity (Wildman–Crippen MR) is 107 cm³/mol. The molecule has 1 nitrogen and oxygen atoms in total. The fraction of sp³-hybridized carbons (Fsp3) is 0.682. The Bertz CT molecular complexity index is 431. The van der Waals surface area contributed by atoms with Crippen LogP contribution in [-0.2, 0) is 4.79 Å². The number of rotatable bonds is 1. The lowest BCUT2D eigenvalue weighted by molar-refractivity contribution is -0.124. The maximum Gasteiger partial charge on any atom is 0.135 e. The molecule has 0 radical (unpaired) electrons. The van der Waals surface area contributed by atoms with E-state index in [9.17, 15) is 9.18 Å². The Morgan fingerprint density at radius 3 is 1.46 bits per heavy atom. The maximum atomic E-state index is 12.9. The van der Waals surface area contributed by atoms with Crippen LogP contribution in [0.1, 0.15) is 85.4 Å². The number of aryl methyl sites for hydroxylation is 3. The third-order valence-corrected chi connectivity index (χ3v) is 3.45. The third kappa shape index (κ3) is 15.7. The van der Waals surface area contributed by atoms with Crippen molar-refractivity contribution >= 4 is 5.78 Å². The van der Waals surface area contributed by atoms with E-state index in [-0.39, 0.29) is 17.0 Å². The van der Waals surface area contributed by atoms with Gasteiger partial charge in [0.15, 0.2) is 0 Å². The summed E-state index contributed by atoms with van der Waals surface area (Å²) in [5, 5.41) is 0. The highest BCUT2D eigenvalue weighted by molar-refractivity contribution is 5.80. The van der Waals surface area contributed by atoms with Gasteiger partial charge in [-0.25, -0.2) is 4.39 Å². The van der Waals surface area contributed by atoms with Crippen molar-refractivity contribution in [2.45, 2.75) is 89.5 Å². The molecule has 0 aromatic heterocycles. The molecule has 0 aliphatic rings. The minimum atomic E-state index is -0.139. The zero-order chi connectivity index (χ0) is 20.1. The molecule has 24 heavy (non-hydrogen) atoms. The Labute approximate surface area is 151 Å². The van der Waals surface area contributed by atoms with Gasteiger partial charge in [-0.3, -0.25) is 4.79 Å². The molecule has 0 unspecified atom stereocenters. The first-order chi connectivity index (χ1) is 10.8. The third-order valence-electron chi connectivity index (χ3n) is 3.45. The zero-order valence-electron chi connectivity index (χ0n) is 18.2. The van der Waals surface area contributed by atoms with Crippen molar-refractivity contribution in [2.75, 3.05) is 0 Å². The smallest absolute Gasteiger partial charge is 0.135 e. The summed E-state index contributed by atoms with van der Waals surface area (Å²) in [6, 6.07) is 3.70. The monoisotopic (exact) mass is 340 g/mol. The molecule has 0 amide bonds. The predicted octanol–water partition coefficient (Wildman–Crippen LogP) is 7.45. The maximum absolute atomic E-state index is 12.9. The molecule has 0 spiro atoms. The minimum Gasteiger partial charge on any atom is -0.299 e. The molecule has 0 bridgehead atoms. The molecule has 1 rings (SSSR count). The van der Waals surface area contributed by atoms with Gasteiger partial charge < -0.3 is 0 Å². The van der Waals surface area contributed by atoms with Crippen LogP contribution < -0.4 is 0 Å². The summed E-state index contributed by atoms with van der Waals surface area (Å²) in [6.07, 6.45) is 1.31. The lowest BCUT2D eigenvalue weighted by Crippen LogP contribution is -2.15. The molecule has 1 aromatic carbocycles. The van der Waals surface area contributed by atoms with Crippen LogP contribution in [-0.4, -0.2) is 5.78 Å². The van der Waals surface area contributed by atoms with Gasteiger partial charge in [0.1, 0.15) is 11.6 Å². The highest BCUT2D eigenvalue weighted by atomic mass is 19.1. The summed E-state index contributed by atoms with van der Waals surface area (Å²) in [5.41, 5.74) is 2.45. The van der Waals surface area contributed by atoms with E-state index in [1.807, 2.05) is 53.7 Å². The van der Waals surface area contributed by atoms with Gasteiger partial charge in [0.2, 0.25) is 0 Å². The van der Waals surface area contributed by atoms with Crippen molar-refractivity contribution < 1.29 is 9.18 Å². The van der Waals surface area contributed by atoms with Crippen molar-refractivity contribution in [1.82, 2.24) is 0 Å². The average molecular weight is 341 g/mol. The van der Waals surface area contributed by atoms with Gasteiger partial charge in [-0.2, -0.15) is 0 Å². The van der Waals surface area contributed by atoms with Crippen LogP contribution in [0.4, 0.5) is 4.39 Å². The van der Waals surface area contributed by atoms with E-state index in [1.54, 1.807) is 20.8 Å². The number of Topliss-reactive ketones (excluding diaryl/α,β-unsaturated/α-hetero) is 1. The first kappa shape index (κ1) is 27.7. The molecule has 0 saturated carbocycles. The number of halogens is 1. The van der Waals surface area contributed by atoms with Crippen LogP contribution in [0.2, 0.25) is 0 Å². The standard InChI is InChI=1S/C9H11F.C6H12O.C5H12.C2H6/c1-6-4-7(2)9(10)8(3)5-6;1-5(7)6(2,3)4;1-4-5(2)3;1-2/h4-5H,1-3H3;1-4H3;5H,4H2,1-3H3;1-2H3. The fourth-order valence-electron chi connectivity index (χ4n) is 1.16. The lowest BCUT2D eigenvalue weighted by atomic mass is 9.92. The van der Waals surface area contributed by atoms with E-state index < -0.39 is 0 Å². The number of hydrogen-bond donors (Lipinski definition) is 0. The molecule has 0 heterocycles. The van der Waals surface area contributed by atoms with Crippen molar-refractivity contribution in [3.63, 3.8) is 0 Å². The van der Waals surface area contributed by atoms with Crippen LogP contribution in [0.5, 0.6) is 0 Å². The summed E-state index contributed by atoms with van der Waals surface area (Å²) < 4.78 is 12.9. The molecule has 1 aromatic rings. The summed E-state index contributed by atoms with van der Waals surface area (Å²) in [4.78, 5) is 10.5. The first-order valence-electron chi connectivity index (χ1n) is 9.07. The van der Waals surface area contributed by atoms with Crippen LogP contribution in [0.15, 0.2) is 12.1 Å². The molecule has 0 N–H and O–H groups in total. The van der Waals surface area contributed by atoms with E-state index >= 15 is 0 Å². The minimum absolute atomic E-state index is 0.0781. The molecule has 0 saturated heterocycles. The Morgan fingerprint density at radius 2 is 1.29 bits per heavy atom. The topological polar surface area (TPSA) is 17.1 Å². The van der Waals surface area contributed by atoms with Crippen molar-refractivity contribution in [3.05, 3.63) is 34.6 Å². The second-order valence-corrected chi connectivity index (χ2v) is 7.32. The summed E-state index contributed by atoms with van der Waals surface area (Å²) in [6.45, 7) is 23.5. The molecule has 0 atom stereocenters. The van der Waals surface area contributed by atoms with Crippen LogP contribution in [0, 0.1) is 37.9 Å². The molecule has 0 fully saturated rings. The average Bonchev–Trinajstić information content (AvgIpc) is 2.47. The molecule has 142 valence electrons. The molecular formula is C22H41FO. The fourth-order valence-corrected chi connectivity index (χ4v) is 1.16. The van der Waals surface area contributed by atoms with Gasteiger partial charge >= 0.3 is 0 Å². The van der Waals surface area contributed by atoms with Gasteiger partial charge in [-0.15, -0.1) is 0 Å². The molecule has 0 aliphatic carbocycles. The van der Waals surface area contributed by atoms with Crippen LogP contribution in [0.3, 0.4) is 0 Å². The van der Waals surface area contributed by atoms with Gasteiger partial charge in [-0.1, -0.05) is 79.5 Å². The molecule has 0 aliphatic heterocycles. The van der Waals surface area contributed by atoms with E-state index in [0.717, 1.165) is 22.6 Å².